The number of nitrogens with one attached hydrogen (secondary N) is 1. The third kappa shape index (κ3) is 7.23. The van der Waals surface area contributed by atoms with Gasteiger partial charge in [0, 0.05) is 6.54 Å². The van der Waals surface area contributed by atoms with Gasteiger partial charge in [0.2, 0.25) is 5.91 Å². The van der Waals surface area contributed by atoms with Crippen LogP contribution in [0, 0.1) is 0 Å². The molecule has 0 saturated heterocycles. The van der Waals surface area contributed by atoms with Crippen molar-refractivity contribution >= 4 is 5.91 Å². The second-order valence-corrected chi connectivity index (χ2v) is 5.07. The maximum Gasteiger partial charge on any atom is 0.405 e. The highest BCUT2D eigenvalue weighted by Gasteiger charge is 2.27. The summed E-state index contributed by atoms with van der Waals surface area (Å²) in [5, 5.41) is 1.84. The van der Waals surface area contributed by atoms with Crippen LogP contribution in [-0.2, 0) is 11.2 Å². The second kappa shape index (κ2) is 8.61. The maximum atomic E-state index is 12.0. The second-order valence-electron chi connectivity index (χ2n) is 5.07. The average Bonchev–Trinajstić information content (AvgIpc) is 2.50. The molecule has 0 fully saturated rings. The first-order valence-corrected chi connectivity index (χ1v) is 6.98. The van der Waals surface area contributed by atoms with Crippen LogP contribution < -0.4 is 14.8 Å². The molecule has 0 unspecified atom stereocenters. The molecule has 0 spiro atoms. The predicted octanol–water partition coefficient (Wildman–Crippen LogP) is 1.86. The number of carbonyl (C=O) groups excluding carboxylic acids is 1. The molecule has 0 aliphatic heterocycles. The van der Waals surface area contributed by atoms with E-state index >= 15 is 0 Å². The van der Waals surface area contributed by atoms with Crippen molar-refractivity contribution in [2.45, 2.75) is 12.6 Å². The van der Waals surface area contributed by atoms with E-state index < -0.39 is 18.6 Å². The van der Waals surface area contributed by atoms with E-state index in [0.29, 0.717) is 24.5 Å². The van der Waals surface area contributed by atoms with Gasteiger partial charge in [-0.3, -0.25) is 9.69 Å². The van der Waals surface area contributed by atoms with Crippen LogP contribution in [0.15, 0.2) is 18.2 Å². The molecule has 0 bridgehead atoms. The Morgan fingerprint density at radius 2 is 1.87 bits per heavy atom. The Hall–Kier alpha value is -1.96. The fourth-order valence-electron chi connectivity index (χ4n) is 1.94. The van der Waals surface area contributed by atoms with Crippen LogP contribution in [0.5, 0.6) is 11.5 Å². The number of amides is 1. The summed E-state index contributed by atoms with van der Waals surface area (Å²) in [5.41, 5.74) is 0.977. The topological polar surface area (TPSA) is 50.8 Å². The number of benzene rings is 1. The molecule has 5 nitrogen and oxygen atoms in total. The van der Waals surface area contributed by atoms with Gasteiger partial charge in [0.25, 0.3) is 0 Å². The number of hydrogen-bond donors (Lipinski definition) is 1. The number of rotatable bonds is 8. The Bertz CT molecular complexity index is 521. The lowest BCUT2D eigenvalue weighted by Crippen LogP contribution is -2.40. The number of halogens is 3. The molecule has 1 N–H and O–H groups in total. The van der Waals surface area contributed by atoms with Crippen molar-refractivity contribution in [1.82, 2.24) is 10.2 Å². The summed E-state index contributed by atoms with van der Waals surface area (Å²) in [6.07, 6.45) is -3.77. The minimum atomic E-state index is -4.39. The highest BCUT2D eigenvalue weighted by Crippen LogP contribution is 2.27. The van der Waals surface area contributed by atoms with Crippen molar-refractivity contribution in [2.24, 2.45) is 0 Å². The molecule has 1 amide bonds. The van der Waals surface area contributed by atoms with E-state index in [-0.39, 0.29) is 6.54 Å². The Labute approximate surface area is 133 Å². The largest absolute Gasteiger partial charge is 0.493 e. The summed E-state index contributed by atoms with van der Waals surface area (Å²) in [5.74, 6) is 0.573. The van der Waals surface area contributed by atoms with Gasteiger partial charge in [0.05, 0.1) is 20.8 Å². The smallest absolute Gasteiger partial charge is 0.405 e. The highest BCUT2D eigenvalue weighted by atomic mass is 19.4. The van der Waals surface area contributed by atoms with E-state index in [1.54, 1.807) is 32.2 Å². The SMILES string of the molecule is COc1ccc(CCN(C)CC(=O)NCC(F)(F)F)cc1OC. The molecule has 0 heterocycles. The predicted molar refractivity (Wildman–Crippen MR) is 79.8 cm³/mol. The molecule has 1 aromatic rings. The van der Waals surface area contributed by atoms with Crippen LogP contribution in [0.25, 0.3) is 0 Å². The third-order valence-electron chi connectivity index (χ3n) is 3.13. The molecule has 0 atom stereocenters. The number of carbonyl (C=O) groups is 1. The fourth-order valence-corrected chi connectivity index (χ4v) is 1.94. The Kier molecular flexibility index (Phi) is 7.15. The summed E-state index contributed by atoms with van der Waals surface area (Å²) in [7, 11) is 4.76. The normalized spacial score (nSPS) is 11.4. The van der Waals surface area contributed by atoms with Gasteiger partial charge >= 0.3 is 6.18 Å². The average molecular weight is 334 g/mol. The number of alkyl halides is 3. The first kappa shape index (κ1) is 19.1. The molecule has 0 aliphatic carbocycles. The molecule has 0 aliphatic rings. The van der Waals surface area contributed by atoms with Crippen molar-refractivity contribution < 1.29 is 27.4 Å². The fraction of sp³-hybridized carbons (Fsp3) is 0.533. The first-order valence-electron chi connectivity index (χ1n) is 6.98. The van der Waals surface area contributed by atoms with Crippen LogP contribution in [-0.4, -0.2) is 57.9 Å². The van der Waals surface area contributed by atoms with E-state index in [9.17, 15) is 18.0 Å². The highest BCUT2D eigenvalue weighted by molar-refractivity contribution is 5.78. The van der Waals surface area contributed by atoms with Crippen LogP contribution in [0.3, 0.4) is 0 Å². The van der Waals surface area contributed by atoms with E-state index in [1.165, 1.54) is 0 Å². The van der Waals surface area contributed by atoms with Crippen molar-refractivity contribution in [1.29, 1.82) is 0 Å². The van der Waals surface area contributed by atoms with Gasteiger partial charge in [0.1, 0.15) is 6.54 Å². The lowest BCUT2D eigenvalue weighted by Gasteiger charge is -2.17. The molecule has 130 valence electrons. The van der Waals surface area contributed by atoms with Crippen LogP contribution in [0.1, 0.15) is 5.56 Å². The standard InChI is InChI=1S/C15H21F3N2O3/c1-20(9-14(21)19-10-15(16,17)18)7-6-11-4-5-12(22-2)13(8-11)23-3/h4-5,8H,6-7,9-10H2,1-3H3,(H,19,21). The quantitative estimate of drug-likeness (QED) is 0.788. The summed E-state index contributed by atoms with van der Waals surface area (Å²) < 4.78 is 46.4. The Morgan fingerprint density at radius 1 is 1.22 bits per heavy atom. The summed E-state index contributed by atoms with van der Waals surface area (Å²) in [6.45, 7) is -0.881. The minimum absolute atomic E-state index is 0.0939. The number of hydrogen-bond acceptors (Lipinski definition) is 4. The molecule has 23 heavy (non-hydrogen) atoms. The Balaban J connectivity index is 2.44. The first-order chi connectivity index (χ1) is 10.7. The van der Waals surface area contributed by atoms with Gasteiger partial charge in [0.15, 0.2) is 11.5 Å². The van der Waals surface area contributed by atoms with E-state index in [0.717, 1.165) is 5.56 Å². The minimum Gasteiger partial charge on any atom is -0.493 e. The molecule has 1 aromatic carbocycles. The molecular weight excluding hydrogens is 313 g/mol. The summed E-state index contributed by atoms with van der Waals surface area (Å²) >= 11 is 0. The van der Waals surface area contributed by atoms with Gasteiger partial charge in [-0.25, -0.2) is 0 Å². The maximum absolute atomic E-state index is 12.0. The molecule has 0 aromatic heterocycles. The van der Waals surface area contributed by atoms with Crippen LogP contribution >= 0.6 is 0 Å². The summed E-state index contributed by atoms with van der Waals surface area (Å²) in [4.78, 5) is 13.1. The van der Waals surface area contributed by atoms with Gasteiger partial charge in [-0.1, -0.05) is 6.07 Å². The van der Waals surface area contributed by atoms with Gasteiger partial charge in [-0.2, -0.15) is 13.2 Å². The molecule has 8 heteroatoms. The van der Waals surface area contributed by atoms with E-state index in [1.807, 2.05) is 17.4 Å². The zero-order chi connectivity index (χ0) is 17.5. The number of nitrogens with zero attached hydrogens (tertiary/aromatic N) is 1. The monoisotopic (exact) mass is 334 g/mol. The van der Waals surface area contributed by atoms with Crippen molar-refractivity contribution in [3.8, 4) is 11.5 Å². The van der Waals surface area contributed by atoms with E-state index in [4.69, 9.17) is 9.47 Å². The van der Waals surface area contributed by atoms with Crippen molar-refractivity contribution in [3.05, 3.63) is 23.8 Å². The number of ether oxygens (including phenoxy) is 2. The van der Waals surface area contributed by atoms with E-state index in [2.05, 4.69) is 0 Å². The third-order valence-corrected chi connectivity index (χ3v) is 3.13. The Morgan fingerprint density at radius 3 is 2.43 bits per heavy atom. The zero-order valence-corrected chi connectivity index (χ0v) is 13.4. The van der Waals surface area contributed by atoms with Gasteiger partial charge < -0.3 is 14.8 Å². The molecule has 0 radical (unpaired) electrons. The van der Waals surface area contributed by atoms with Crippen LogP contribution in [0.4, 0.5) is 13.2 Å². The van der Waals surface area contributed by atoms with Crippen molar-refractivity contribution in [3.63, 3.8) is 0 Å². The molecular formula is C15H21F3N2O3. The lowest BCUT2D eigenvalue weighted by molar-refractivity contribution is -0.138. The number of methoxy groups -OCH3 is 2. The van der Waals surface area contributed by atoms with Crippen molar-refractivity contribution in [2.75, 3.05) is 40.9 Å². The molecule has 0 saturated carbocycles. The number of likely N-dealkylation sites (N-methyl/N-ethyl adjacent to an activating group) is 1. The lowest BCUT2D eigenvalue weighted by atomic mass is 10.1. The van der Waals surface area contributed by atoms with Gasteiger partial charge in [-0.05, 0) is 31.2 Å². The molecule has 1 rings (SSSR count). The van der Waals surface area contributed by atoms with Gasteiger partial charge in [-0.15, -0.1) is 0 Å². The van der Waals surface area contributed by atoms with Crippen LogP contribution in [0.2, 0.25) is 0 Å². The summed E-state index contributed by atoms with van der Waals surface area (Å²) in [6, 6.07) is 5.49. The zero-order valence-electron chi connectivity index (χ0n) is 13.4.